The molecule has 0 aliphatic rings. The molecule has 0 saturated heterocycles. The molecule has 0 bridgehead atoms. The smallest absolute Gasteiger partial charge is 0.214 e. The molecule has 25 heavy (non-hydrogen) atoms. The predicted octanol–water partition coefficient (Wildman–Crippen LogP) is 4.03. The van der Waals surface area contributed by atoms with E-state index in [0.717, 1.165) is 15.6 Å². The lowest BCUT2D eigenvalue weighted by Crippen LogP contribution is -2.14. The molecular formula is C17H17BrN4O2S. The molecule has 6 nitrogen and oxygen atoms in total. The minimum absolute atomic E-state index is 0.478. The number of ether oxygens (including phenoxy) is 2. The minimum atomic E-state index is 0.478. The molecule has 0 fully saturated rings. The van der Waals surface area contributed by atoms with Crippen LogP contribution >= 0.6 is 28.1 Å². The van der Waals surface area contributed by atoms with E-state index in [1.165, 1.54) is 0 Å². The Kier molecular flexibility index (Phi) is 5.72. The lowest BCUT2D eigenvalue weighted by atomic mass is 10.2. The van der Waals surface area contributed by atoms with E-state index in [9.17, 15) is 0 Å². The first kappa shape index (κ1) is 17.5. The highest BCUT2D eigenvalue weighted by Crippen LogP contribution is 2.34. The summed E-state index contributed by atoms with van der Waals surface area (Å²) in [7, 11) is 1.63. The average molecular weight is 421 g/mol. The molecule has 0 aliphatic heterocycles. The van der Waals surface area contributed by atoms with E-state index in [1.807, 2.05) is 42.5 Å². The lowest BCUT2D eigenvalue weighted by molar-refractivity contribution is 0.284. The number of hydrogen-bond acceptors (Lipinski definition) is 5. The Morgan fingerprint density at radius 3 is 2.72 bits per heavy atom. The molecule has 3 aromatic rings. The SMILES string of the molecule is COc1cc(CNn2cn[nH]c2=S)c(Br)cc1OCc1ccccc1. The van der Waals surface area contributed by atoms with Crippen LogP contribution in [-0.4, -0.2) is 22.0 Å². The zero-order valence-corrected chi connectivity index (χ0v) is 15.9. The van der Waals surface area contributed by atoms with E-state index in [0.29, 0.717) is 29.4 Å². The van der Waals surface area contributed by atoms with Crippen LogP contribution in [0, 0.1) is 4.77 Å². The molecular weight excluding hydrogens is 404 g/mol. The average Bonchev–Trinajstić information content (AvgIpc) is 3.05. The summed E-state index contributed by atoms with van der Waals surface area (Å²) in [6.07, 6.45) is 1.59. The summed E-state index contributed by atoms with van der Waals surface area (Å²) in [6.45, 7) is 1.02. The van der Waals surface area contributed by atoms with Gasteiger partial charge in [0.1, 0.15) is 12.9 Å². The van der Waals surface area contributed by atoms with Gasteiger partial charge in [0.2, 0.25) is 4.77 Å². The van der Waals surface area contributed by atoms with Crippen molar-refractivity contribution in [2.45, 2.75) is 13.2 Å². The third-order valence-electron chi connectivity index (χ3n) is 3.56. The van der Waals surface area contributed by atoms with Crippen molar-refractivity contribution in [1.82, 2.24) is 14.9 Å². The fourth-order valence-electron chi connectivity index (χ4n) is 2.25. The number of benzene rings is 2. The summed E-state index contributed by atoms with van der Waals surface area (Å²) < 4.78 is 14.4. The lowest BCUT2D eigenvalue weighted by Gasteiger charge is -2.15. The number of aromatic amines is 1. The van der Waals surface area contributed by atoms with E-state index in [2.05, 4.69) is 31.6 Å². The van der Waals surface area contributed by atoms with Crippen LogP contribution in [0.15, 0.2) is 53.3 Å². The van der Waals surface area contributed by atoms with Gasteiger partial charge in [0, 0.05) is 4.47 Å². The van der Waals surface area contributed by atoms with Crippen LogP contribution in [-0.2, 0) is 13.2 Å². The first-order chi connectivity index (χ1) is 12.2. The molecule has 0 spiro atoms. The molecule has 1 heterocycles. The van der Waals surface area contributed by atoms with Crippen molar-refractivity contribution < 1.29 is 9.47 Å². The molecule has 2 aromatic carbocycles. The van der Waals surface area contributed by atoms with Crippen molar-refractivity contribution in [3.8, 4) is 11.5 Å². The highest BCUT2D eigenvalue weighted by molar-refractivity contribution is 9.10. The highest BCUT2D eigenvalue weighted by Gasteiger charge is 2.11. The van der Waals surface area contributed by atoms with Crippen LogP contribution in [0.4, 0.5) is 0 Å². The Morgan fingerprint density at radius 2 is 2.04 bits per heavy atom. The Morgan fingerprint density at radius 1 is 1.24 bits per heavy atom. The van der Waals surface area contributed by atoms with Gasteiger partial charge >= 0.3 is 0 Å². The van der Waals surface area contributed by atoms with Crippen LogP contribution in [0.1, 0.15) is 11.1 Å². The number of rotatable bonds is 7. The maximum absolute atomic E-state index is 5.91. The topological polar surface area (TPSA) is 64.1 Å². The third kappa shape index (κ3) is 4.40. The van der Waals surface area contributed by atoms with Crippen LogP contribution < -0.4 is 14.9 Å². The first-order valence-electron chi connectivity index (χ1n) is 7.56. The summed E-state index contributed by atoms with van der Waals surface area (Å²) in [6, 6.07) is 13.8. The van der Waals surface area contributed by atoms with Crippen molar-refractivity contribution >= 4 is 28.1 Å². The summed E-state index contributed by atoms with van der Waals surface area (Å²) in [5.41, 5.74) is 5.28. The summed E-state index contributed by atoms with van der Waals surface area (Å²) in [4.78, 5) is 0. The maximum Gasteiger partial charge on any atom is 0.214 e. The Balaban J connectivity index is 1.73. The van der Waals surface area contributed by atoms with Gasteiger partial charge in [-0.2, -0.15) is 5.10 Å². The van der Waals surface area contributed by atoms with Crippen molar-refractivity contribution in [2.24, 2.45) is 0 Å². The summed E-state index contributed by atoms with van der Waals surface area (Å²) in [5, 5.41) is 6.56. The summed E-state index contributed by atoms with van der Waals surface area (Å²) >= 11 is 8.70. The standard InChI is InChI=1S/C17H17BrN4O2S/c1-23-15-7-13(9-20-22-11-19-21-17(22)25)14(18)8-16(15)24-10-12-5-3-2-4-6-12/h2-8,11,20H,9-10H2,1H3,(H,21,25). The second-order valence-corrected chi connectivity index (χ2v) is 6.48. The van der Waals surface area contributed by atoms with Crippen molar-refractivity contribution in [3.63, 3.8) is 0 Å². The van der Waals surface area contributed by atoms with E-state index in [4.69, 9.17) is 21.7 Å². The van der Waals surface area contributed by atoms with Gasteiger partial charge in [0.05, 0.1) is 13.7 Å². The molecule has 130 valence electrons. The molecule has 1 aromatic heterocycles. The molecule has 0 radical (unpaired) electrons. The molecule has 8 heteroatoms. The number of methoxy groups -OCH3 is 1. The van der Waals surface area contributed by atoms with Gasteiger partial charge in [-0.25, -0.2) is 4.68 Å². The number of halogens is 1. The number of nitrogens with zero attached hydrogens (tertiary/aromatic N) is 2. The van der Waals surface area contributed by atoms with E-state index < -0.39 is 0 Å². The highest BCUT2D eigenvalue weighted by atomic mass is 79.9. The normalized spacial score (nSPS) is 10.5. The number of hydrogen-bond donors (Lipinski definition) is 2. The van der Waals surface area contributed by atoms with Crippen LogP contribution in [0.25, 0.3) is 0 Å². The van der Waals surface area contributed by atoms with Gasteiger partial charge < -0.3 is 14.9 Å². The Hall–Kier alpha value is -2.32. The monoisotopic (exact) mass is 420 g/mol. The maximum atomic E-state index is 5.91. The largest absolute Gasteiger partial charge is 0.493 e. The van der Waals surface area contributed by atoms with Crippen LogP contribution in [0.5, 0.6) is 11.5 Å². The second kappa shape index (κ2) is 8.17. The zero-order valence-electron chi connectivity index (χ0n) is 13.5. The van der Waals surface area contributed by atoms with Crippen molar-refractivity contribution in [3.05, 3.63) is 69.2 Å². The van der Waals surface area contributed by atoms with Crippen molar-refractivity contribution in [1.29, 1.82) is 0 Å². The molecule has 0 amide bonds. The van der Waals surface area contributed by atoms with Gasteiger partial charge in [-0.05, 0) is 35.5 Å². The predicted molar refractivity (Wildman–Crippen MR) is 102 cm³/mol. The van der Waals surface area contributed by atoms with E-state index in [1.54, 1.807) is 18.1 Å². The number of nitrogens with one attached hydrogen (secondary N) is 2. The second-order valence-electron chi connectivity index (χ2n) is 5.24. The number of H-pyrrole nitrogens is 1. The molecule has 0 unspecified atom stereocenters. The third-order valence-corrected chi connectivity index (χ3v) is 4.59. The Bertz CT molecular complexity index is 895. The Labute approximate surface area is 158 Å². The molecule has 2 N–H and O–H groups in total. The van der Waals surface area contributed by atoms with Crippen LogP contribution in [0.2, 0.25) is 0 Å². The quantitative estimate of drug-likeness (QED) is 0.564. The van der Waals surface area contributed by atoms with Gasteiger partial charge in [0.25, 0.3) is 0 Å². The fourth-order valence-corrected chi connectivity index (χ4v) is 2.88. The zero-order chi connectivity index (χ0) is 17.6. The van der Waals surface area contributed by atoms with E-state index >= 15 is 0 Å². The first-order valence-corrected chi connectivity index (χ1v) is 8.76. The van der Waals surface area contributed by atoms with E-state index in [-0.39, 0.29) is 0 Å². The summed E-state index contributed by atoms with van der Waals surface area (Å²) in [5.74, 6) is 1.36. The minimum Gasteiger partial charge on any atom is -0.493 e. The number of aromatic nitrogens is 3. The van der Waals surface area contributed by atoms with Crippen molar-refractivity contribution in [2.75, 3.05) is 12.5 Å². The fraction of sp³-hybridized carbons (Fsp3) is 0.176. The van der Waals surface area contributed by atoms with Crippen LogP contribution in [0.3, 0.4) is 0 Å². The molecule has 0 atom stereocenters. The van der Waals surface area contributed by atoms with Gasteiger partial charge in [-0.1, -0.05) is 46.3 Å². The van der Waals surface area contributed by atoms with Gasteiger partial charge in [0.15, 0.2) is 11.5 Å². The van der Waals surface area contributed by atoms with Gasteiger partial charge in [-0.15, -0.1) is 0 Å². The molecule has 0 aliphatic carbocycles. The molecule has 0 saturated carbocycles. The van der Waals surface area contributed by atoms with Gasteiger partial charge in [-0.3, -0.25) is 5.10 Å². The molecule has 3 rings (SSSR count).